The second-order valence-electron chi connectivity index (χ2n) is 3.85. The van der Waals surface area contributed by atoms with Gasteiger partial charge in [0.2, 0.25) is 0 Å². The molecule has 18 heavy (non-hydrogen) atoms. The average Bonchev–Trinajstić information content (AvgIpc) is 2.78. The van der Waals surface area contributed by atoms with E-state index in [9.17, 15) is 5.11 Å². The molecule has 0 radical (unpaired) electrons. The molecule has 0 aliphatic heterocycles. The normalized spacial score (nSPS) is 12.8. The smallest absolute Gasteiger partial charge is 0.166 e. The number of nitrogens with zero attached hydrogens (tertiary/aromatic N) is 1. The number of aromatic amines is 1. The Morgan fingerprint density at radius 2 is 2.39 bits per heavy atom. The third-order valence-corrected chi connectivity index (χ3v) is 3.45. The lowest BCUT2D eigenvalue weighted by atomic mass is 10.3. The molecule has 2 rings (SSSR count). The van der Waals surface area contributed by atoms with Crippen molar-refractivity contribution in [2.24, 2.45) is 5.73 Å². The SMILES string of the molecule is CCOc1ccc2nc(SCC(O)CN)[nH]c2c1. The maximum atomic E-state index is 9.40. The first-order valence-corrected chi connectivity index (χ1v) is 6.85. The van der Waals surface area contributed by atoms with E-state index in [0.29, 0.717) is 12.4 Å². The number of imidazole rings is 1. The number of aliphatic hydroxyl groups is 1. The fraction of sp³-hybridized carbons (Fsp3) is 0.417. The van der Waals surface area contributed by atoms with Gasteiger partial charge in [0.05, 0.1) is 23.7 Å². The van der Waals surface area contributed by atoms with Crippen molar-refractivity contribution >= 4 is 22.8 Å². The molecular weight excluding hydrogens is 250 g/mol. The van der Waals surface area contributed by atoms with E-state index in [1.807, 2.05) is 25.1 Å². The Bertz CT molecular complexity index is 515. The molecule has 1 atom stereocenters. The highest BCUT2D eigenvalue weighted by atomic mass is 32.2. The molecule has 5 nitrogen and oxygen atoms in total. The van der Waals surface area contributed by atoms with E-state index in [4.69, 9.17) is 10.5 Å². The summed E-state index contributed by atoms with van der Waals surface area (Å²) in [5.74, 6) is 1.36. The minimum atomic E-state index is -0.498. The van der Waals surface area contributed by atoms with Crippen molar-refractivity contribution < 1.29 is 9.84 Å². The van der Waals surface area contributed by atoms with E-state index < -0.39 is 6.10 Å². The number of rotatable bonds is 6. The van der Waals surface area contributed by atoms with Gasteiger partial charge in [-0.05, 0) is 19.1 Å². The molecule has 0 spiro atoms. The molecule has 0 saturated carbocycles. The Labute approximate surface area is 110 Å². The lowest BCUT2D eigenvalue weighted by molar-refractivity contribution is 0.208. The van der Waals surface area contributed by atoms with Crippen LogP contribution in [0, 0.1) is 0 Å². The lowest BCUT2D eigenvalue weighted by Gasteiger charge is -2.03. The maximum Gasteiger partial charge on any atom is 0.166 e. The molecule has 0 amide bonds. The topological polar surface area (TPSA) is 84.2 Å². The van der Waals surface area contributed by atoms with Crippen LogP contribution in [0.15, 0.2) is 23.4 Å². The zero-order valence-corrected chi connectivity index (χ0v) is 11.0. The van der Waals surface area contributed by atoms with Crippen LogP contribution in [0.25, 0.3) is 11.0 Å². The van der Waals surface area contributed by atoms with Crippen molar-refractivity contribution in [2.45, 2.75) is 18.2 Å². The highest BCUT2D eigenvalue weighted by molar-refractivity contribution is 7.99. The number of benzene rings is 1. The Balaban J connectivity index is 2.11. The minimum Gasteiger partial charge on any atom is -0.494 e. The van der Waals surface area contributed by atoms with Crippen LogP contribution in [0.5, 0.6) is 5.75 Å². The van der Waals surface area contributed by atoms with E-state index in [1.165, 1.54) is 11.8 Å². The predicted octanol–water partition coefficient (Wildman–Crippen LogP) is 1.37. The van der Waals surface area contributed by atoms with Crippen LogP contribution in [-0.4, -0.2) is 40.1 Å². The van der Waals surface area contributed by atoms with Gasteiger partial charge < -0.3 is 20.6 Å². The van der Waals surface area contributed by atoms with Gasteiger partial charge in [-0.25, -0.2) is 4.98 Å². The van der Waals surface area contributed by atoms with E-state index in [2.05, 4.69) is 9.97 Å². The number of aliphatic hydroxyl groups excluding tert-OH is 1. The van der Waals surface area contributed by atoms with Gasteiger partial charge >= 0.3 is 0 Å². The van der Waals surface area contributed by atoms with Gasteiger partial charge in [-0.1, -0.05) is 11.8 Å². The Morgan fingerprint density at radius 1 is 1.56 bits per heavy atom. The van der Waals surface area contributed by atoms with Crippen LogP contribution >= 0.6 is 11.8 Å². The molecule has 1 aromatic heterocycles. The molecule has 0 bridgehead atoms. The first kappa shape index (κ1) is 13.2. The predicted molar refractivity (Wildman–Crippen MR) is 73.0 cm³/mol. The van der Waals surface area contributed by atoms with E-state index in [1.54, 1.807) is 0 Å². The molecule has 1 aromatic carbocycles. The molecule has 4 N–H and O–H groups in total. The fourth-order valence-corrected chi connectivity index (χ4v) is 2.36. The average molecular weight is 267 g/mol. The van der Waals surface area contributed by atoms with Crippen molar-refractivity contribution in [2.75, 3.05) is 18.9 Å². The zero-order valence-electron chi connectivity index (χ0n) is 10.2. The second-order valence-corrected chi connectivity index (χ2v) is 4.86. The van der Waals surface area contributed by atoms with Gasteiger partial charge in [-0.2, -0.15) is 0 Å². The van der Waals surface area contributed by atoms with Crippen LogP contribution in [0.3, 0.4) is 0 Å². The van der Waals surface area contributed by atoms with Gasteiger partial charge in [0.15, 0.2) is 5.16 Å². The molecule has 0 aliphatic rings. The fourth-order valence-electron chi connectivity index (χ4n) is 1.53. The van der Waals surface area contributed by atoms with Gasteiger partial charge in [-0.3, -0.25) is 0 Å². The van der Waals surface area contributed by atoms with Crippen LogP contribution in [0.4, 0.5) is 0 Å². The summed E-state index contributed by atoms with van der Waals surface area (Å²) < 4.78 is 5.43. The summed E-state index contributed by atoms with van der Waals surface area (Å²) >= 11 is 1.46. The first-order valence-electron chi connectivity index (χ1n) is 5.86. The lowest BCUT2D eigenvalue weighted by Crippen LogP contribution is -2.21. The number of nitrogens with one attached hydrogen (secondary N) is 1. The summed E-state index contributed by atoms with van der Waals surface area (Å²) in [6, 6.07) is 5.74. The molecule has 0 fully saturated rings. The number of aromatic nitrogens is 2. The van der Waals surface area contributed by atoms with Crippen LogP contribution in [0.2, 0.25) is 0 Å². The Hall–Kier alpha value is -1.24. The molecule has 0 aliphatic carbocycles. The number of H-pyrrole nitrogens is 1. The summed E-state index contributed by atoms with van der Waals surface area (Å²) in [7, 11) is 0. The van der Waals surface area contributed by atoms with Crippen molar-refractivity contribution in [3.05, 3.63) is 18.2 Å². The largest absolute Gasteiger partial charge is 0.494 e. The standard InChI is InChI=1S/C12H17N3O2S/c1-2-17-9-3-4-10-11(5-9)15-12(14-10)18-7-8(16)6-13/h3-5,8,16H,2,6-7,13H2,1H3,(H,14,15). The highest BCUT2D eigenvalue weighted by Gasteiger charge is 2.07. The number of hydrogen-bond donors (Lipinski definition) is 3. The first-order chi connectivity index (χ1) is 8.72. The molecule has 98 valence electrons. The van der Waals surface area contributed by atoms with Crippen LogP contribution in [0.1, 0.15) is 6.92 Å². The van der Waals surface area contributed by atoms with Crippen molar-refractivity contribution in [1.82, 2.24) is 9.97 Å². The molecule has 0 saturated heterocycles. The summed E-state index contributed by atoms with van der Waals surface area (Å²) in [6.07, 6.45) is -0.498. The molecule has 6 heteroatoms. The number of nitrogens with two attached hydrogens (primary N) is 1. The molecule has 1 heterocycles. The van der Waals surface area contributed by atoms with Crippen molar-refractivity contribution in [3.63, 3.8) is 0 Å². The molecular formula is C12H17N3O2S. The Kier molecular flexibility index (Phi) is 4.46. The quantitative estimate of drug-likeness (QED) is 0.688. The zero-order chi connectivity index (χ0) is 13.0. The summed E-state index contributed by atoms with van der Waals surface area (Å²) in [4.78, 5) is 7.61. The maximum absolute atomic E-state index is 9.40. The number of fused-ring (bicyclic) bond motifs is 1. The third kappa shape index (κ3) is 3.16. The van der Waals surface area contributed by atoms with Gasteiger partial charge in [0.1, 0.15) is 5.75 Å². The monoisotopic (exact) mass is 267 g/mol. The van der Waals surface area contributed by atoms with Crippen molar-refractivity contribution in [1.29, 1.82) is 0 Å². The van der Waals surface area contributed by atoms with E-state index in [0.717, 1.165) is 21.9 Å². The number of hydrogen-bond acceptors (Lipinski definition) is 5. The second kappa shape index (κ2) is 6.08. The summed E-state index contributed by atoms with van der Waals surface area (Å²) in [6.45, 7) is 2.86. The van der Waals surface area contributed by atoms with Crippen LogP contribution < -0.4 is 10.5 Å². The van der Waals surface area contributed by atoms with Crippen LogP contribution in [-0.2, 0) is 0 Å². The minimum absolute atomic E-state index is 0.266. The molecule has 1 unspecified atom stereocenters. The van der Waals surface area contributed by atoms with Gasteiger partial charge in [0, 0.05) is 18.4 Å². The van der Waals surface area contributed by atoms with E-state index >= 15 is 0 Å². The number of ether oxygens (including phenoxy) is 1. The van der Waals surface area contributed by atoms with Crippen molar-refractivity contribution in [3.8, 4) is 5.75 Å². The third-order valence-electron chi connectivity index (χ3n) is 2.43. The van der Waals surface area contributed by atoms with Gasteiger partial charge in [0.25, 0.3) is 0 Å². The number of thioether (sulfide) groups is 1. The summed E-state index contributed by atoms with van der Waals surface area (Å²) in [5.41, 5.74) is 7.18. The Morgan fingerprint density at radius 3 is 3.11 bits per heavy atom. The highest BCUT2D eigenvalue weighted by Crippen LogP contribution is 2.23. The van der Waals surface area contributed by atoms with E-state index in [-0.39, 0.29) is 6.54 Å². The summed E-state index contributed by atoms with van der Waals surface area (Å²) in [5, 5.41) is 10.2. The molecule has 2 aromatic rings. The van der Waals surface area contributed by atoms with Gasteiger partial charge in [-0.15, -0.1) is 0 Å².